The number of aromatic nitrogens is 4. The number of nitrogens with zero attached hydrogens (tertiary/aromatic N) is 3. The highest BCUT2D eigenvalue weighted by Gasteiger charge is 2.37. The number of amides is 1. The lowest BCUT2D eigenvalue weighted by Crippen LogP contribution is -2.32. The molecule has 1 aliphatic rings. The van der Waals surface area contributed by atoms with Gasteiger partial charge in [-0.1, -0.05) is 0 Å². The van der Waals surface area contributed by atoms with Gasteiger partial charge in [0.05, 0.1) is 23.5 Å². The fourth-order valence-electron chi connectivity index (χ4n) is 3.18. The molecule has 0 bridgehead atoms. The lowest BCUT2D eigenvalue weighted by atomic mass is 10.00. The van der Waals surface area contributed by atoms with Gasteiger partial charge in [0.2, 0.25) is 5.91 Å². The SMILES string of the molecule is Cn1ccnc1[C@@H]1OCC[C@H]1C(=O)NCc1nc2ccc(F)cc2[nH]1. The number of ether oxygens (including phenoxy) is 1. The second-order valence-corrected chi connectivity index (χ2v) is 6.15. The summed E-state index contributed by atoms with van der Waals surface area (Å²) in [4.78, 5) is 24.2. The number of hydrogen-bond acceptors (Lipinski definition) is 4. The molecule has 1 aliphatic heterocycles. The molecule has 0 unspecified atom stereocenters. The van der Waals surface area contributed by atoms with Crippen molar-refractivity contribution in [2.75, 3.05) is 6.61 Å². The van der Waals surface area contributed by atoms with Crippen molar-refractivity contribution in [1.82, 2.24) is 24.8 Å². The van der Waals surface area contributed by atoms with Gasteiger partial charge in [0.15, 0.2) is 0 Å². The van der Waals surface area contributed by atoms with Gasteiger partial charge >= 0.3 is 0 Å². The number of rotatable bonds is 4. The van der Waals surface area contributed by atoms with E-state index in [2.05, 4.69) is 20.3 Å². The Morgan fingerprint density at radius 1 is 1.52 bits per heavy atom. The smallest absolute Gasteiger partial charge is 0.226 e. The number of fused-ring (bicyclic) bond motifs is 1. The summed E-state index contributed by atoms with van der Waals surface area (Å²) >= 11 is 0. The highest BCUT2D eigenvalue weighted by Crippen LogP contribution is 2.33. The van der Waals surface area contributed by atoms with Crippen molar-refractivity contribution in [2.45, 2.75) is 19.1 Å². The van der Waals surface area contributed by atoms with E-state index < -0.39 is 0 Å². The number of aromatic amines is 1. The Kier molecular flexibility index (Phi) is 3.96. The van der Waals surface area contributed by atoms with E-state index in [1.807, 2.05) is 17.8 Å². The summed E-state index contributed by atoms with van der Waals surface area (Å²) in [5.74, 6) is 0.617. The number of nitrogens with one attached hydrogen (secondary N) is 2. The van der Waals surface area contributed by atoms with Crippen LogP contribution in [-0.4, -0.2) is 32.0 Å². The van der Waals surface area contributed by atoms with Crippen molar-refractivity contribution in [3.8, 4) is 0 Å². The highest BCUT2D eigenvalue weighted by molar-refractivity contribution is 5.80. The number of aryl methyl sites for hydroxylation is 1. The minimum absolute atomic E-state index is 0.0999. The second-order valence-electron chi connectivity index (χ2n) is 6.15. The third-order valence-corrected chi connectivity index (χ3v) is 4.46. The van der Waals surface area contributed by atoms with Gasteiger partial charge in [0, 0.05) is 26.0 Å². The summed E-state index contributed by atoms with van der Waals surface area (Å²) in [6.07, 6.45) is 3.83. The zero-order chi connectivity index (χ0) is 17.4. The molecule has 7 nitrogen and oxygen atoms in total. The van der Waals surface area contributed by atoms with Crippen LogP contribution in [0.5, 0.6) is 0 Å². The van der Waals surface area contributed by atoms with Gasteiger partial charge in [0.1, 0.15) is 23.6 Å². The van der Waals surface area contributed by atoms with Crippen LogP contribution in [-0.2, 0) is 23.1 Å². The van der Waals surface area contributed by atoms with E-state index in [1.165, 1.54) is 12.1 Å². The minimum Gasteiger partial charge on any atom is -0.369 e. The number of imidazole rings is 2. The summed E-state index contributed by atoms with van der Waals surface area (Å²) in [6, 6.07) is 4.35. The Morgan fingerprint density at radius 2 is 2.40 bits per heavy atom. The van der Waals surface area contributed by atoms with Gasteiger partial charge in [0.25, 0.3) is 0 Å². The normalized spacial score (nSPS) is 20.2. The molecule has 2 atom stereocenters. The summed E-state index contributed by atoms with van der Waals surface area (Å²) in [6.45, 7) is 0.776. The average Bonchev–Trinajstić information content (AvgIpc) is 3.30. The molecule has 3 aromatic rings. The standard InChI is InChI=1S/C17H18FN5O2/c1-23-6-5-19-16(23)15-11(4-7-25-15)17(24)20-9-14-21-12-3-2-10(18)8-13(12)22-14/h2-3,5-6,8,11,15H,4,7,9H2,1H3,(H,20,24)(H,21,22)/t11-,15-/m1/s1. The van der Waals surface area contributed by atoms with Gasteiger partial charge in [-0.3, -0.25) is 4.79 Å². The Balaban J connectivity index is 1.45. The molecular weight excluding hydrogens is 325 g/mol. The molecule has 1 saturated heterocycles. The van der Waals surface area contributed by atoms with Crippen molar-refractivity contribution in [3.63, 3.8) is 0 Å². The third-order valence-electron chi connectivity index (χ3n) is 4.46. The number of H-pyrrole nitrogens is 1. The molecule has 1 aromatic carbocycles. The zero-order valence-electron chi connectivity index (χ0n) is 13.7. The highest BCUT2D eigenvalue weighted by atomic mass is 19.1. The van der Waals surface area contributed by atoms with E-state index in [1.54, 1.807) is 12.3 Å². The maximum Gasteiger partial charge on any atom is 0.226 e. The molecule has 2 N–H and O–H groups in total. The first-order valence-electron chi connectivity index (χ1n) is 8.12. The maximum atomic E-state index is 13.2. The molecule has 1 amide bonds. The second kappa shape index (κ2) is 6.29. The molecule has 0 saturated carbocycles. The van der Waals surface area contributed by atoms with Crippen LogP contribution < -0.4 is 5.32 Å². The predicted molar refractivity (Wildman–Crippen MR) is 87.9 cm³/mol. The molecule has 0 aliphatic carbocycles. The lowest BCUT2D eigenvalue weighted by molar-refractivity contribution is -0.127. The maximum absolute atomic E-state index is 13.2. The van der Waals surface area contributed by atoms with Crippen LogP contribution >= 0.6 is 0 Å². The lowest BCUT2D eigenvalue weighted by Gasteiger charge is -2.17. The third kappa shape index (κ3) is 3.00. The molecule has 8 heteroatoms. The summed E-state index contributed by atoms with van der Waals surface area (Å²) in [7, 11) is 1.88. The number of halogens is 1. The molecule has 4 rings (SSSR count). The fraction of sp³-hybridized carbons (Fsp3) is 0.353. The first-order valence-corrected chi connectivity index (χ1v) is 8.12. The van der Waals surface area contributed by atoms with Crippen LogP contribution in [0, 0.1) is 11.7 Å². The van der Waals surface area contributed by atoms with Gasteiger partial charge in [-0.2, -0.15) is 0 Å². The molecule has 0 radical (unpaired) electrons. The van der Waals surface area contributed by atoms with E-state index in [9.17, 15) is 9.18 Å². The van der Waals surface area contributed by atoms with E-state index in [-0.39, 0.29) is 30.3 Å². The first-order chi connectivity index (χ1) is 12.1. The largest absolute Gasteiger partial charge is 0.369 e. The predicted octanol–water partition coefficient (Wildman–Crippen LogP) is 1.83. The molecule has 25 heavy (non-hydrogen) atoms. The van der Waals surface area contributed by atoms with Crippen LogP contribution in [0.25, 0.3) is 11.0 Å². The van der Waals surface area contributed by atoms with Gasteiger partial charge in [-0.15, -0.1) is 0 Å². The minimum atomic E-state index is -0.343. The Hall–Kier alpha value is -2.74. The van der Waals surface area contributed by atoms with E-state index in [0.29, 0.717) is 29.9 Å². The van der Waals surface area contributed by atoms with Crippen LogP contribution in [0.1, 0.15) is 24.2 Å². The summed E-state index contributed by atoms with van der Waals surface area (Å²) in [5, 5.41) is 2.88. The Morgan fingerprint density at radius 3 is 3.20 bits per heavy atom. The molecule has 130 valence electrons. The van der Waals surface area contributed by atoms with Crippen molar-refractivity contribution in [1.29, 1.82) is 0 Å². The van der Waals surface area contributed by atoms with Gasteiger partial charge < -0.3 is 19.6 Å². The molecule has 1 fully saturated rings. The van der Waals surface area contributed by atoms with Crippen molar-refractivity contribution in [2.24, 2.45) is 13.0 Å². The Bertz CT molecular complexity index is 919. The number of benzene rings is 1. The number of carbonyl (C=O) groups is 1. The van der Waals surface area contributed by atoms with Crippen LogP contribution in [0.15, 0.2) is 30.6 Å². The zero-order valence-corrected chi connectivity index (χ0v) is 13.7. The summed E-state index contributed by atoms with van der Waals surface area (Å²) in [5.41, 5.74) is 1.28. The topological polar surface area (TPSA) is 84.8 Å². The van der Waals surface area contributed by atoms with Crippen molar-refractivity contribution >= 4 is 16.9 Å². The summed E-state index contributed by atoms with van der Waals surface area (Å²) < 4.78 is 20.8. The molecular formula is C17H18FN5O2. The van der Waals surface area contributed by atoms with E-state index in [0.717, 1.165) is 5.82 Å². The average molecular weight is 343 g/mol. The van der Waals surface area contributed by atoms with Crippen LogP contribution in [0.2, 0.25) is 0 Å². The van der Waals surface area contributed by atoms with Gasteiger partial charge in [-0.05, 0) is 24.6 Å². The van der Waals surface area contributed by atoms with E-state index in [4.69, 9.17) is 4.74 Å². The van der Waals surface area contributed by atoms with Crippen LogP contribution in [0.4, 0.5) is 4.39 Å². The molecule has 2 aromatic heterocycles. The fourth-order valence-corrected chi connectivity index (χ4v) is 3.18. The molecule has 0 spiro atoms. The number of carbonyl (C=O) groups excluding carboxylic acids is 1. The monoisotopic (exact) mass is 343 g/mol. The molecule has 3 heterocycles. The quantitative estimate of drug-likeness (QED) is 0.757. The Labute approximate surface area is 143 Å². The van der Waals surface area contributed by atoms with Crippen molar-refractivity contribution < 1.29 is 13.9 Å². The first kappa shape index (κ1) is 15.8. The van der Waals surface area contributed by atoms with Crippen molar-refractivity contribution in [3.05, 3.63) is 48.1 Å². The van der Waals surface area contributed by atoms with E-state index >= 15 is 0 Å². The number of hydrogen-bond donors (Lipinski definition) is 2. The van der Waals surface area contributed by atoms with Crippen LogP contribution in [0.3, 0.4) is 0 Å². The van der Waals surface area contributed by atoms with Gasteiger partial charge in [-0.25, -0.2) is 14.4 Å².